The molecule has 1 fully saturated rings. The lowest BCUT2D eigenvalue weighted by Crippen LogP contribution is -2.24. The third-order valence-electron chi connectivity index (χ3n) is 6.78. The van der Waals surface area contributed by atoms with Crippen molar-refractivity contribution in [2.24, 2.45) is 0 Å². The van der Waals surface area contributed by atoms with Crippen molar-refractivity contribution in [1.29, 1.82) is 0 Å². The van der Waals surface area contributed by atoms with E-state index in [2.05, 4.69) is 12.2 Å². The molecule has 0 spiro atoms. The van der Waals surface area contributed by atoms with Crippen LogP contribution in [0.1, 0.15) is 56.6 Å². The van der Waals surface area contributed by atoms with Gasteiger partial charge in [0.25, 0.3) is 0 Å². The van der Waals surface area contributed by atoms with Gasteiger partial charge < -0.3 is 4.74 Å². The molecule has 2 atom stereocenters. The molecule has 0 bridgehead atoms. The first-order valence-corrected chi connectivity index (χ1v) is 12.1. The van der Waals surface area contributed by atoms with E-state index in [9.17, 15) is 8.78 Å². The van der Waals surface area contributed by atoms with Gasteiger partial charge in [-0.15, -0.1) is 0 Å². The first-order chi connectivity index (χ1) is 16.5. The monoisotopic (exact) mass is 464 g/mol. The zero-order valence-corrected chi connectivity index (χ0v) is 19.8. The van der Waals surface area contributed by atoms with Gasteiger partial charge in [0.2, 0.25) is 0 Å². The molecule has 4 heteroatoms. The van der Waals surface area contributed by atoms with E-state index in [0.29, 0.717) is 35.3 Å². The van der Waals surface area contributed by atoms with E-state index in [1.807, 2.05) is 13.0 Å². The number of hydrogen-bond donors (Lipinski definition) is 0. The Morgan fingerprint density at radius 1 is 0.882 bits per heavy atom. The fourth-order valence-electron chi connectivity index (χ4n) is 4.68. The highest BCUT2D eigenvalue weighted by molar-refractivity contribution is 5.71. The van der Waals surface area contributed by atoms with Crippen LogP contribution < -0.4 is 0 Å². The predicted molar refractivity (Wildman–Crippen MR) is 132 cm³/mol. The van der Waals surface area contributed by atoms with Crippen LogP contribution in [0.5, 0.6) is 0 Å². The first kappa shape index (κ1) is 24.3. The van der Waals surface area contributed by atoms with Crippen molar-refractivity contribution in [3.05, 3.63) is 95.3 Å². The molecule has 0 saturated carbocycles. The third kappa shape index (κ3) is 5.28. The third-order valence-corrected chi connectivity index (χ3v) is 6.78. The van der Waals surface area contributed by atoms with Gasteiger partial charge in [-0.2, -0.15) is 0 Å². The van der Waals surface area contributed by atoms with E-state index in [-0.39, 0.29) is 23.4 Å². The molecule has 0 radical (unpaired) electrons. The maximum Gasteiger partial charge on any atom is 0.166 e. The lowest BCUT2D eigenvalue weighted by atomic mass is 9.89. The Hall–Kier alpha value is -2.85. The highest BCUT2D eigenvalue weighted by Gasteiger charge is 2.23. The normalized spacial score (nSPS) is 18.5. The van der Waals surface area contributed by atoms with Gasteiger partial charge in [-0.25, -0.2) is 13.2 Å². The Morgan fingerprint density at radius 3 is 2.21 bits per heavy atom. The van der Waals surface area contributed by atoms with Crippen molar-refractivity contribution < 1.29 is 17.9 Å². The molecule has 3 aromatic rings. The topological polar surface area (TPSA) is 9.23 Å². The van der Waals surface area contributed by atoms with Crippen LogP contribution in [0.25, 0.3) is 22.3 Å². The standard InChI is InChI=1S/C30H31F3O/c1-3-5-6-7-25-15-12-24(19-34-25)23-14-16-26(28(31)18-23)21-8-10-22(11-9-21)27-17-13-20(4-2)29(32)30(27)33/h3,5,8-11,13-14,16-18,24-25H,4,6-7,12,15,19H2,1-2H3. The van der Waals surface area contributed by atoms with Crippen molar-refractivity contribution in [2.75, 3.05) is 6.61 Å². The lowest BCUT2D eigenvalue weighted by molar-refractivity contribution is -0.000225. The molecule has 1 aliphatic rings. The van der Waals surface area contributed by atoms with Crippen molar-refractivity contribution in [3.63, 3.8) is 0 Å². The second-order valence-electron chi connectivity index (χ2n) is 8.95. The maximum atomic E-state index is 15.0. The van der Waals surface area contributed by atoms with E-state index in [1.54, 1.807) is 55.5 Å². The van der Waals surface area contributed by atoms with Crippen LogP contribution in [0.4, 0.5) is 13.2 Å². The van der Waals surface area contributed by atoms with Crippen molar-refractivity contribution in [2.45, 2.75) is 58.0 Å². The summed E-state index contributed by atoms with van der Waals surface area (Å²) in [5.41, 5.74) is 3.26. The van der Waals surface area contributed by atoms with Gasteiger partial charge in [0.15, 0.2) is 11.6 Å². The van der Waals surface area contributed by atoms with E-state index >= 15 is 4.39 Å². The number of ether oxygens (including phenoxy) is 1. The summed E-state index contributed by atoms with van der Waals surface area (Å²) < 4.78 is 49.7. The molecule has 1 heterocycles. The Morgan fingerprint density at radius 2 is 1.59 bits per heavy atom. The van der Waals surface area contributed by atoms with E-state index in [1.165, 1.54) is 0 Å². The molecule has 178 valence electrons. The average Bonchev–Trinajstić information content (AvgIpc) is 2.86. The minimum Gasteiger partial charge on any atom is -0.378 e. The zero-order valence-electron chi connectivity index (χ0n) is 19.8. The summed E-state index contributed by atoms with van der Waals surface area (Å²) in [5, 5.41) is 0. The smallest absolute Gasteiger partial charge is 0.166 e. The molecule has 0 amide bonds. The van der Waals surface area contributed by atoms with E-state index in [4.69, 9.17) is 4.74 Å². The van der Waals surface area contributed by atoms with E-state index < -0.39 is 11.6 Å². The molecule has 0 N–H and O–H groups in total. The molecule has 0 aromatic heterocycles. The van der Waals surface area contributed by atoms with Crippen molar-refractivity contribution in [1.82, 2.24) is 0 Å². The number of aryl methyl sites for hydroxylation is 1. The second-order valence-corrected chi connectivity index (χ2v) is 8.95. The SMILES string of the molecule is CC=CCCC1CCC(c2ccc(-c3ccc(-c4ccc(CC)c(F)c4F)cc3)c(F)c2)CO1. The van der Waals surface area contributed by atoms with E-state index in [0.717, 1.165) is 31.2 Å². The van der Waals surface area contributed by atoms with Gasteiger partial charge in [0.05, 0.1) is 12.7 Å². The van der Waals surface area contributed by atoms with Gasteiger partial charge in [0, 0.05) is 17.0 Å². The molecule has 34 heavy (non-hydrogen) atoms. The maximum absolute atomic E-state index is 15.0. The van der Waals surface area contributed by atoms with Crippen LogP contribution in [-0.4, -0.2) is 12.7 Å². The van der Waals surface area contributed by atoms with Crippen LogP contribution in [0, 0.1) is 17.5 Å². The fraction of sp³-hybridized carbons (Fsp3) is 0.333. The van der Waals surface area contributed by atoms with Gasteiger partial charge in [-0.05, 0) is 67.3 Å². The van der Waals surface area contributed by atoms with Gasteiger partial charge in [0.1, 0.15) is 5.82 Å². The Balaban J connectivity index is 1.46. The zero-order chi connectivity index (χ0) is 24.1. The molecule has 2 unspecified atom stereocenters. The summed E-state index contributed by atoms with van der Waals surface area (Å²) in [7, 11) is 0. The van der Waals surface area contributed by atoms with Crippen LogP contribution in [0.2, 0.25) is 0 Å². The van der Waals surface area contributed by atoms with Crippen LogP contribution in [0.3, 0.4) is 0 Å². The number of benzene rings is 3. The lowest BCUT2D eigenvalue weighted by Gasteiger charge is -2.29. The largest absolute Gasteiger partial charge is 0.378 e. The Labute approximate surface area is 200 Å². The molecular formula is C30H31F3O. The Bertz CT molecular complexity index is 1140. The number of halogens is 3. The fourth-order valence-corrected chi connectivity index (χ4v) is 4.68. The number of allylic oxidation sites excluding steroid dienone is 2. The minimum atomic E-state index is -0.846. The summed E-state index contributed by atoms with van der Waals surface area (Å²) >= 11 is 0. The van der Waals surface area contributed by atoms with Crippen LogP contribution in [-0.2, 0) is 11.2 Å². The minimum absolute atomic E-state index is 0.202. The van der Waals surface area contributed by atoms with Crippen LogP contribution >= 0.6 is 0 Å². The van der Waals surface area contributed by atoms with Gasteiger partial charge in [-0.3, -0.25) is 0 Å². The molecular weight excluding hydrogens is 433 g/mol. The predicted octanol–water partition coefficient (Wildman–Crippen LogP) is 8.62. The van der Waals surface area contributed by atoms with Crippen molar-refractivity contribution in [3.8, 4) is 22.3 Å². The molecule has 1 aliphatic heterocycles. The second kappa shape index (κ2) is 11.1. The molecule has 1 saturated heterocycles. The molecule has 3 aromatic carbocycles. The quantitative estimate of drug-likeness (QED) is 0.318. The van der Waals surface area contributed by atoms with Gasteiger partial charge >= 0.3 is 0 Å². The number of hydrogen-bond acceptors (Lipinski definition) is 1. The molecule has 0 aliphatic carbocycles. The highest BCUT2D eigenvalue weighted by Crippen LogP contribution is 2.34. The highest BCUT2D eigenvalue weighted by atomic mass is 19.2. The number of rotatable bonds is 7. The molecule has 1 nitrogen and oxygen atoms in total. The van der Waals surface area contributed by atoms with Crippen LogP contribution in [0.15, 0.2) is 66.7 Å². The van der Waals surface area contributed by atoms with Gasteiger partial charge in [-0.1, -0.05) is 67.6 Å². The average molecular weight is 465 g/mol. The first-order valence-electron chi connectivity index (χ1n) is 12.1. The summed E-state index contributed by atoms with van der Waals surface area (Å²) in [5.74, 6) is -1.74. The molecule has 4 rings (SSSR count). The summed E-state index contributed by atoms with van der Waals surface area (Å²) in [4.78, 5) is 0. The Kier molecular flexibility index (Phi) is 7.89. The summed E-state index contributed by atoms with van der Waals surface area (Å²) in [6.07, 6.45) is 8.97. The summed E-state index contributed by atoms with van der Waals surface area (Å²) in [6, 6.07) is 15.5. The van der Waals surface area contributed by atoms with Crippen molar-refractivity contribution >= 4 is 0 Å². The summed E-state index contributed by atoms with van der Waals surface area (Å²) in [6.45, 7) is 4.43.